The number of hydrogen-bond acceptors (Lipinski definition) is 5. The van der Waals surface area contributed by atoms with Crippen molar-refractivity contribution in [3.8, 4) is 22.8 Å². The number of aromatic hydroxyl groups is 2. The maximum absolute atomic E-state index is 13.1. The van der Waals surface area contributed by atoms with Gasteiger partial charge in [0.25, 0.3) is 5.91 Å². The number of rotatable bonds is 2. The molecular formula is C21H16ClN3O4. The van der Waals surface area contributed by atoms with Crippen molar-refractivity contribution in [3.63, 3.8) is 0 Å². The maximum Gasteiger partial charge on any atom is 0.254 e. The van der Waals surface area contributed by atoms with Gasteiger partial charge in [0.15, 0.2) is 5.76 Å². The lowest BCUT2D eigenvalue weighted by Crippen LogP contribution is -2.35. The molecular weight excluding hydrogens is 394 g/mol. The molecule has 1 aliphatic heterocycles. The topological polar surface area (TPSA) is 103 Å². The van der Waals surface area contributed by atoms with Crippen LogP contribution in [0.5, 0.6) is 11.5 Å². The molecule has 2 aromatic heterocycles. The number of amides is 1. The summed E-state index contributed by atoms with van der Waals surface area (Å²) in [7, 11) is 0. The van der Waals surface area contributed by atoms with Crippen molar-refractivity contribution in [3.05, 3.63) is 64.4 Å². The highest BCUT2D eigenvalue weighted by molar-refractivity contribution is 6.32. The van der Waals surface area contributed by atoms with Crippen molar-refractivity contribution >= 4 is 28.4 Å². The normalized spacial score (nSPS) is 13.6. The van der Waals surface area contributed by atoms with E-state index in [1.165, 1.54) is 6.07 Å². The van der Waals surface area contributed by atoms with Crippen LogP contribution in [-0.4, -0.2) is 37.7 Å². The Bertz CT molecular complexity index is 1260. The summed E-state index contributed by atoms with van der Waals surface area (Å²) in [5, 5.41) is 25.1. The van der Waals surface area contributed by atoms with E-state index in [2.05, 4.69) is 10.1 Å². The van der Waals surface area contributed by atoms with Crippen LogP contribution in [0.1, 0.15) is 21.6 Å². The third-order valence-corrected chi connectivity index (χ3v) is 5.54. The quantitative estimate of drug-likeness (QED) is 0.463. The summed E-state index contributed by atoms with van der Waals surface area (Å²) in [4.78, 5) is 17.9. The minimum atomic E-state index is -0.224. The van der Waals surface area contributed by atoms with E-state index in [9.17, 15) is 15.0 Å². The zero-order chi connectivity index (χ0) is 20.1. The van der Waals surface area contributed by atoms with Gasteiger partial charge in [-0.05, 0) is 29.7 Å². The van der Waals surface area contributed by atoms with Gasteiger partial charge < -0.3 is 24.6 Å². The van der Waals surface area contributed by atoms with Gasteiger partial charge in [-0.15, -0.1) is 0 Å². The van der Waals surface area contributed by atoms with E-state index in [1.807, 2.05) is 30.5 Å². The summed E-state index contributed by atoms with van der Waals surface area (Å²) in [5.74, 6) is -0.145. The van der Waals surface area contributed by atoms with Gasteiger partial charge in [0.05, 0.1) is 22.8 Å². The van der Waals surface area contributed by atoms with Gasteiger partial charge in [0, 0.05) is 41.9 Å². The van der Waals surface area contributed by atoms with Crippen LogP contribution >= 0.6 is 11.6 Å². The number of halogens is 1. The Morgan fingerprint density at radius 1 is 1.17 bits per heavy atom. The summed E-state index contributed by atoms with van der Waals surface area (Å²) in [6.45, 7) is 0.816. The fourth-order valence-corrected chi connectivity index (χ4v) is 3.86. The average molecular weight is 410 g/mol. The number of benzene rings is 2. The third-order valence-electron chi connectivity index (χ3n) is 5.24. The van der Waals surface area contributed by atoms with Crippen LogP contribution in [0.15, 0.2) is 47.1 Å². The summed E-state index contributed by atoms with van der Waals surface area (Å²) < 4.78 is 5.47. The van der Waals surface area contributed by atoms with Crippen LogP contribution in [-0.2, 0) is 13.0 Å². The molecule has 4 aromatic rings. The van der Waals surface area contributed by atoms with Gasteiger partial charge in [0.2, 0.25) is 0 Å². The number of nitrogens with zero attached hydrogens (tertiary/aromatic N) is 2. The maximum atomic E-state index is 13.1. The number of hydrogen-bond donors (Lipinski definition) is 3. The monoisotopic (exact) mass is 409 g/mol. The minimum absolute atomic E-state index is 0.0888. The molecule has 0 saturated heterocycles. The first-order chi connectivity index (χ1) is 14.0. The Kier molecular flexibility index (Phi) is 3.99. The second-order valence-corrected chi connectivity index (χ2v) is 7.42. The lowest BCUT2D eigenvalue weighted by atomic mass is 10.00. The van der Waals surface area contributed by atoms with Crippen LogP contribution in [0.3, 0.4) is 0 Å². The van der Waals surface area contributed by atoms with E-state index in [1.54, 1.807) is 4.90 Å². The molecule has 0 spiro atoms. The van der Waals surface area contributed by atoms with Crippen molar-refractivity contribution in [1.82, 2.24) is 15.0 Å². The predicted molar refractivity (Wildman–Crippen MR) is 107 cm³/mol. The lowest BCUT2D eigenvalue weighted by molar-refractivity contribution is 0.0734. The summed E-state index contributed by atoms with van der Waals surface area (Å²) in [6, 6.07) is 10.1. The summed E-state index contributed by atoms with van der Waals surface area (Å²) in [6.07, 6.45) is 2.38. The summed E-state index contributed by atoms with van der Waals surface area (Å²) in [5.41, 5.74) is 3.29. The molecule has 146 valence electrons. The molecule has 1 aliphatic rings. The van der Waals surface area contributed by atoms with Gasteiger partial charge in [-0.2, -0.15) is 0 Å². The number of nitrogens with one attached hydrogen (secondary N) is 1. The van der Waals surface area contributed by atoms with Gasteiger partial charge in [-0.25, -0.2) is 0 Å². The molecule has 0 fully saturated rings. The van der Waals surface area contributed by atoms with Gasteiger partial charge in [-0.3, -0.25) is 4.79 Å². The second-order valence-electron chi connectivity index (χ2n) is 7.01. The van der Waals surface area contributed by atoms with Crippen LogP contribution < -0.4 is 0 Å². The zero-order valence-corrected chi connectivity index (χ0v) is 15.9. The molecule has 5 rings (SSSR count). The highest BCUT2D eigenvalue weighted by Gasteiger charge is 2.29. The van der Waals surface area contributed by atoms with E-state index >= 15 is 0 Å². The molecule has 0 radical (unpaired) electrons. The fourth-order valence-electron chi connectivity index (χ4n) is 3.69. The third kappa shape index (κ3) is 2.91. The summed E-state index contributed by atoms with van der Waals surface area (Å²) >= 11 is 5.99. The molecule has 7 nitrogen and oxygen atoms in total. The molecule has 3 heterocycles. The molecule has 0 atom stereocenters. The number of carbonyl (C=O) groups is 1. The predicted octanol–water partition coefficient (Wildman–Crippen LogP) is 4.09. The molecule has 0 unspecified atom stereocenters. The average Bonchev–Trinajstić information content (AvgIpc) is 3.36. The number of phenols is 2. The number of fused-ring (bicyclic) bond motifs is 2. The van der Waals surface area contributed by atoms with Gasteiger partial charge in [0.1, 0.15) is 11.5 Å². The van der Waals surface area contributed by atoms with Crippen LogP contribution in [0.25, 0.3) is 22.2 Å². The highest BCUT2D eigenvalue weighted by atomic mass is 35.5. The minimum Gasteiger partial charge on any atom is -0.507 e. The lowest BCUT2D eigenvalue weighted by Gasteiger charge is -2.26. The Hall–Kier alpha value is -3.45. The standard InChI is InChI=1S/C21H16ClN3O4/c22-15-8-13(18(26)9-19(15)27)20-14-10-25(6-4-16(14)24-29-20)21(28)12-2-1-11-3-5-23-17(11)7-12/h1-3,5,7-9,23,26-27H,4,6,10H2. The van der Waals surface area contributed by atoms with Crippen molar-refractivity contribution in [2.75, 3.05) is 6.54 Å². The van der Waals surface area contributed by atoms with Crippen molar-refractivity contribution in [2.45, 2.75) is 13.0 Å². The van der Waals surface area contributed by atoms with Crippen LogP contribution in [0.2, 0.25) is 5.02 Å². The molecule has 0 saturated carbocycles. The van der Waals surface area contributed by atoms with E-state index in [4.69, 9.17) is 16.1 Å². The molecule has 29 heavy (non-hydrogen) atoms. The van der Waals surface area contributed by atoms with Gasteiger partial charge in [-0.1, -0.05) is 22.8 Å². The molecule has 0 bridgehead atoms. The number of carbonyl (C=O) groups excluding carboxylic acids is 1. The number of aromatic nitrogens is 2. The van der Waals surface area contributed by atoms with Crippen LogP contribution in [0.4, 0.5) is 0 Å². The van der Waals surface area contributed by atoms with Crippen molar-refractivity contribution < 1.29 is 19.5 Å². The van der Waals surface area contributed by atoms with E-state index in [0.29, 0.717) is 36.4 Å². The Labute approximate surface area is 170 Å². The molecule has 0 aliphatic carbocycles. The second kappa shape index (κ2) is 6.56. The Morgan fingerprint density at radius 3 is 2.90 bits per heavy atom. The largest absolute Gasteiger partial charge is 0.507 e. The molecule has 3 N–H and O–H groups in total. The first-order valence-corrected chi connectivity index (χ1v) is 9.45. The zero-order valence-electron chi connectivity index (χ0n) is 15.1. The molecule has 2 aromatic carbocycles. The van der Waals surface area contributed by atoms with Crippen molar-refractivity contribution in [1.29, 1.82) is 0 Å². The van der Waals surface area contributed by atoms with E-state index < -0.39 is 0 Å². The first kappa shape index (κ1) is 17.6. The van der Waals surface area contributed by atoms with Crippen LogP contribution in [0, 0.1) is 0 Å². The highest BCUT2D eigenvalue weighted by Crippen LogP contribution is 2.40. The van der Waals surface area contributed by atoms with E-state index in [-0.39, 0.29) is 22.4 Å². The smallest absolute Gasteiger partial charge is 0.254 e. The first-order valence-electron chi connectivity index (χ1n) is 9.07. The van der Waals surface area contributed by atoms with E-state index in [0.717, 1.165) is 28.2 Å². The SMILES string of the molecule is O=C(c1ccc2cc[nH]c2c1)N1CCc2noc(-c3cc(Cl)c(O)cc3O)c2C1. The van der Waals surface area contributed by atoms with Gasteiger partial charge >= 0.3 is 0 Å². The molecule has 8 heteroatoms. The number of aromatic amines is 1. The fraction of sp³-hybridized carbons (Fsp3) is 0.143. The molecule has 1 amide bonds. The number of phenolic OH excluding ortho intramolecular Hbond substituents is 2. The van der Waals surface area contributed by atoms with Crippen molar-refractivity contribution in [2.24, 2.45) is 0 Å². The number of H-pyrrole nitrogens is 1. The Morgan fingerprint density at radius 2 is 2.03 bits per heavy atom. The Balaban J connectivity index is 1.48.